The van der Waals surface area contributed by atoms with Crippen LogP contribution in [-0.4, -0.2) is 32.9 Å². The van der Waals surface area contributed by atoms with Gasteiger partial charge < -0.3 is 20.5 Å². The van der Waals surface area contributed by atoms with Crippen LogP contribution in [0, 0.1) is 6.92 Å². The normalized spacial score (nSPS) is 12.0. The zero-order chi connectivity index (χ0) is 18.6. The molecule has 0 saturated carbocycles. The molecule has 1 atom stereocenters. The maximum Gasteiger partial charge on any atom is 0.119 e. The van der Waals surface area contributed by atoms with Gasteiger partial charge in [0, 0.05) is 18.8 Å². The van der Waals surface area contributed by atoms with Crippen molar-refractivity contribution in [3.8, 4) is 5.75 Å². The highest BCUT2D eigenvalue weighted by atomic mass is 16.5. The minimum atomic E-state index is 0.442. The average Bonchev–Trinajstić information content (AvgIpc) is 2.65. The Balaban J connectivity index is 1.63. The molecule has 2 rings (SSSR count). The first-order valence-corrected chi connectivity index (χ1v) is 9.50. The fraction of sp³-hybridized carbons (Fsp3) is 0.455. The SMILES string of the molecule is Cc1cccc(NCCOCCC(C)c2cccc(OCCCN)c2)c1. The van der Waals surface area contributed by atoms with Crippen molar-refractivity contribution in [2.24, 2.45) is 5.73 Å². The summed E-state index contributed by atoms with van der Waals surface area (Å²) in [5.74, 6) is 1.36. The third-order valence-electron chi connectivity index (χ3n) is 4.33. The van der Waals surface area contributed by atoms with E-state index in [1.807, 2.05) is 6.07 Å². The van der Waals surface area contributed by atoms with Crippen molar-refractivity contribution in [2.75, 3.05) is 38.2 Å². The molecule has 0 radical (unpaired) electrons. The zero-order valence-corrected chi connectivity index (χ0v) is 16.0. The van der Waals surface area contributed by atoms with Gasteiger partial charge in [-0.15, -0.1) is 0 Å². The van der Waals surface area contributed by atoms with Gasteiger partial charge in [-0.05, 0) is 67.6 Å². The van der Waals surface area contributed by atoms with Gasteiger partial charge in [0.15, 0.2) is 0 Å². The van der Waals surface area contributed by atoms with Crippen LogP contribution in [0.25, 0.3) is 0 Å². The number of benzene rings is 2. The Bertz CT molecular complexity index is 646. The Labute approximate surface area is 157 Å². The first-order chi connectivity index (χ1) is 12.7. The second-order valence-electron chi connectivity index (χ2n) is 6.66. The van der Waals surface area contributed by atoms with Crippen molar-refractivity contribution < 1.29 is 9.47 Å². The minimum absolute atomic E-state index is 0.442. The molecule has 0 spiro atoms. The van der Waals surface area contributed by atoms with Gasteiger partial charge in [0.05, 0.1) is 13.2 Å². The average molecular weight is 357 g/mol. The highest BCUT2D eigenvalue weighted by Crippen LogP contribution is 2.23. The predicted molar refractivity (Wildman–Crippen MR) is 109 cm³/mol. The Morgan fingerprint density at radius 1 is 1.04 bits per heavy atom. The summed E-state index contributed by atoms with van der Waals surface area (Å²) in [6.07, 6.45) is 1.88. The van der Waals surface area contributed by atoms with E-state index in [9.17, 15) is 0 Å². The molecule has 0 aliphatic rings. The van der Waals surface area contributed by atoms with Crippen LogP contribution in [0.1, 0.15) is 36.8 Å². The standard InChI is InChI=1S/C22H32N2O2/c1-18-6-3-8-21(16-18)24-12-15-25-14-10-19(2)20-7-4-9-22(17-20)26-13-5-11-23/h3-4,6-9,16-17,19,24H,5,10-15,23H2,1-2H3. The molecule has 3 N–H and O–H groups in total. The molecule has 26 heavy (non-hydrogen) atoms. The Hall–Kier alpha value is -2.04. The fourth-order valence-corrected chi connectivity index (χ4v) is 2.74. The fourth-order valence-electron chi connectivity index (χ4n) is 2.74. The first-order valence-electron chi connectivity index (χ1n) is 9.50. The second-order valence-corrected chi connectivity index (χ2v) is 6.66. The van der Waals surface area contributed by atoms with Gasteiger partial charge in [0.2, 0.25) is 0 Å². The van der Waals surface area contributed by atoms with Gasteiger partial charge in [-0.25, -0.2) is 0 Å². The number of rotatable bonds is 12. The molecule has 0 amide bonds. The van der Waals surface area contributed by atoms with Gasteiger partial charge in [-0.3, -0.25) is 0 Å². The summed E-state index contributed by atoms with van der Waals surface area (Å²) in [4.78, 5) is 0. The number of aryl methyl sites for hydroxylation is 1. The lowest BCUT2D eigenvalue weighted by Gasteiger charge is -2.14. The van der Waals surface area contributed by atoms with E-state index in [0.29, 0.717) is 25.7 Å². The Morgan fingerprint density at radius 3 is 2.69 bits per heavy atom. The van der Waals surface area contributed by atoms with Crippen LogP contribution in [-0.2, 0) is 4.74 Å². The lowest BCUT2D eigenvalue weighted by Crippen LogP contribution is -2.11. The van der Waals surface area contributed by atoms with Gasteiger partial charge in [0.25, 0.3) is 0 Å². The van der Waals surface area contributed by atoms with Crippen LogP contribution in [0.4, 0.5) is 5.69 Å². The van der Waals surface area contributed by atoms with Crippen molar-refractivity contribution >= 4 is 5.69 Å². The van der Waals surface area contributed by atoms with E-state index in [2.05, 4.69) is 61.6 Å². The molecule has 0 saturated heterocycles. The molecule has 0 heterocycles. The summed E-state index contributed by atoms with van der Waals surface area (Å²) in [7, 11) is 0. The van der Waals surface area contributed by atoms with E-state index < -0.39 is 0 Å². The van der Waals surface area contributed by atoms with Gasteiger partial charge in [-0.1, -0.05) is 31.2 Å². The molecule has 4 nitrogen and oxygen atoms in total. The molecule has 4 heteroatoms. The van der Waals surface area contributed by atoms with Gasteiger partial charge >= 0.3 is 0 Å². The van der Waals surface area contributed by atoms with Crippen molar-refractivity contribution in [1.82, 2.24) is 0 Å². The third-order valence-corrected chi connectivity index (χ3v) is 4.33. The number of hydrogen-bond acceptors (Lipinski definition) is 4. The number of hydrogen-bond donors (Lipinski definition) is 2. The maximum absolute atomic E-state index is 5.78. The Morgan fingerprint density at radius 2 is 1.88 bits per heavy atom. The van der Waals surface area contributed by atoms with Crippen LogP contribution >= 0.6 is 0 Å². The van der Waals surface area contributed by atoms with Crippen molar-refractivity contribution in [1.29, 1.82) is 0 Å². The quantitative estimate of drug-likeness (QED) is 0.555. The molecule has 2 aromatic rings. The van der Waals surface area contributed by atoms with Gasteiger partial charge in [-0.2, -0.15) is 0 Å². The van der Waals surface area contributed by atoms with Crippen LogP contribution in [0.15, 0.2) is 48.5 Å². The van der Waals surface area contributed by atoms with Crippen LogP contribution in [0.3, 0.4) is 0 Å². The molecule has 0 aliphatic carbocycles. The van der Waals surface area contributed by atoms with Crippen molar-refractivity contribution in [3.05, 3.63) is 59.7 Å². The lowest BCUT2D eigenvalue weighted by atomic mass is 9.98. The minimum Gasteiger partial charge on any atom is -0.494 e. The summed E-state index contributed by atoms with van der Waals surface area (Å²) < 4.78 is 11.5. The van der Waals surface area contributed by atoms with Crippen LogP contribution in [0.5, 0.6) is 5.75 Å². The number of nitrogens with two attached hydrogens (primary N) is 1. The second kappa shape index (κ2) is 11.6. The van der Waals surface area contributed by atoms with E-state index in [4.69, 9.17) is 15.2 Å². The molecular formula is C22H32N2O2. The van der Waals surface area contributed by atoms with Crippen LogP contribution in [0.2, 0.25) is 0 Å². The zero-order valence-electron chi connectivity index (χ0n) is 16.0. The van der Waals surface area contributed by atoms with E-state index in [1.54, 1.807) is 0 Å². The molecule has 0 aromatic heterocycles. The summed E-state index contributed by atoms with van der Waals surface area (Å²) >= 11 is 0. The molecule has 0 aliphatic heterocycles. The number of ether oxygens (including phenoxy) is 2. The lowest BCUT2D eigenvalue weighted by molar-refractivity contribution is 0.137. The van der Waals surface area contributed by atoms with Crippen LogP contribution < -0.4 is 15.8 Å². The number of nitrogens with one attached hydrogen (secondary N) is 1. The summed E-state index contributed by atoms with van der Waals surface area (Å²) in [5, 5.41) is 3.39. The maximum atomic E-state index is 5.78. The van der Waals surface area contributed by atoms with Crippen molar-refractivity contribution in [2.45, 2.75) is 32.6 Å². The third kappa shape index (κ3) is 7.46. The molecule has 0 bridgehead atoms. The summed E-state index contributed by atoms with van der Waals surface area (Å²) in [5.41, 5.74) is 9.20. The smallest absolute Gasteiger partial charge is 0.119 e. The predicted octanol–water partition coefficient (Wildman–Crippen LogP) is 4.34. The topological polar surface area (TPSA) is 56.5 Å². The molecular weight excluding hydrogens is 324 g/mol. The van der Waals surface area contributed by atoms with Crippen molar-refractivity contribution in [3.63, 3.8) is 0 Å². The molecule has 2 aromatic carbocycles. The van der Waals surface area contributed by atoms with Gasteiger partial charge in [0.1, 0.15) is 5.75 Å². The highest BCUT2D eigenvalue weighted by molar-refractivity contribution is 5.45. The van der Waals surface area contributed by atoms with E-state index in [1.165, 1.54) is 11.1 Å². The highest BCUT2D eigenvalue weighted by Gasteiger charge is 2.07. The number of anilines is 1. The molecule has 1 unspecified atom stereocenters. The van der Waals surface area contributed by atoms with E-state index in [0.717, 1.165) is 37.4 Å². The summed E-state index contributed by atoms with van der Waals surface area (Å²) in [6.45, 7) is 7.95. The van der Waals surface area contributed by atoms with E-state index >= 15 is 0 Å². The monoisotopic (exact) mass is 356 g/mol. The summed E-state index contributed by atoms with van der Waals surface area (Å²) in [6, 6.07) is 16.7. The Kier molecular flexibility index (Phi) is 9.01. The first kappa shape index (κ1) is 20.3. The van der Waals surface area contributed by atoms with E-state index in [-0.39, 0.29) is 0 Å². The molecule has 0 fully saturated rings. The molecule has 142 valence electrons. The largest absolute Gasteiger partial charge is 0.494 e.